The summed E-state index contributed by atoms with van der Waals surface area (Å²) in [5.41, 5.74) is 0.480. The summed E-state index contributed by atoms with van der Waals surface area (Å²) in [6.07, 6.45) is 8.77. The van der Waals surface area contributed by atoms with Crippen molar-refractivity contribution < 1.29 is 13.3 Å². The van der Waals surface area contributed by atoms with Crippen LogP contribution < -0.4 is 5.32 Å². The van der Waals surface area contributed by atoms with Gasteiger partial charge >= 0.3 is 0 Å². The van der Waals surface area contributed by atoms with Crippen LogP contribution in [0.4, 0.5) is 11.4 Å². The van der Waals surface area contributed by atoms with Gasteiger partial charge in [0.1, 0.15) is 5.69 Å². The minimum absolute atomic E-state index is 0.0165. The maximum absolute atomic E-state index is 11.7. The van der Waals surface area contributed by atoms with Gasteiger partial charge < -0.3 is 5.32 Å². The second-order valence-electron chi connectivity index (χ2n) is 8.85. The molecule has 1 N–H and O–H groups in total. The number of nitrogens with one attached hydrogen (secondary N) is 1. The van der Waals surface area contributed by atoms with Gasteiger partial charge in [-0.3, -0.25) is 10.1 Å². The molecule has 1 aromatic rings. The number of nitro benzene ring substituents is 1. The third-order valence-electron chi connectivity index (χ3n) is 6.97. The largest absolute Gasteiger partial charge is 0.376 e. The van der Waals surface area contributed by atoms with E-state index in [9.17, 15) is 18.5 Å². The lowest BCUT2D eigenvalue weighted by molar-refractivity contribution is -0.384. The first-order chi connectivity index (χ1) is 12.2. The molecule has 0 saturated heterocycles. The van der Waals surface area contributed by atoms with E-state index in [4.69, 9.17) is 0 Å². The Morgan fingerprint density at radius 1 is 1.15 bits per heavy atom. The van der Waals surface area contributed by atoms with Gasteiger partial charge in [0, 0.05) is 18.4 Å². The topological polar surface area (TPSA) is 89.3 Å². The molecular weight excluding hydrogens is 352 g/mol. The standard InChI is InChI=1S/C19H26N2O4S/c1-12(19-9-13-5-14(10-19)7-15(6-13)11-19)20-17-4-3-16(26(2,24)25)8-18(17)21(22)23/h3-4,8,12-15,20H,5-7,9-11H2,1-2H3/t12-,13?,14?,15?,19?/m0/s1. The number of anilines is 1. The van der Waals surface area contributed by atoms with Crippen molar-refractivity contribution in [3.05, 3.63) is 28.3 Å². The maximum atomic E-state index is 11.7. The Labute approximate surface area is 154 Å². The Morgan fingerprint density at radius 2 is 1.69 bits per heavy atom. The second kappa shape index (κ2) is 5.94. The molecule has 0 spiro atoms. The van der Waals surface area contributed by atoms with Crippen molar-refractivity contribution in [2.45, 2.75) is 56.4 Å². The summed E-state index contributed by atoms with van der Waals surface area (Å²) in [7, 11) is -3.47. The predicted octanol–water partition coefficient (Wildman–Crippen LogP) is 4.02. The van der Waals surface area contributed by atoms with Crippen LogP contribution >= 0.6 is 0 Å². The smallest absolute Gasteiger partial charge is 0.293 e. The van der Waals surface area contributed by atoms with E-state index in [1.165, 1.54) is 50.7 Å². The molecule has 1 atom stereocenters. The predicted molar refractivity (Wildman–Crippen MR) is 99.9 cm³/mol. The van der Waals surface area contributed by atoms with Crippen LogP contribution in [0.15, 0.2) is 23.1 Å². The van der Waals surface area contributed by atoms with Crippen molar-refractivity contribution in [3.8, 4) is 0 Å². The van der Waals surface area contributed by atoms with Crippen LogP contribution in [0.25, 0.3) is 0 Å². The van der Waals surface area contributed by atoms with Gasteiger partial charge in [0.25, 0.3) is 5.69 Å². The molecule has 4 bridgehead atoms. The van der Waals surface area contributed by atoms with E-state index in [1.807, 2.05) is 0 Å². The Kier molecular flexibility index (Phi) is 4.06. The van der Waals surface area contributed by atoms with Crippen molar-refractivity contribution >= 4 is 21.2 Å². The van der Waals surface area contributed by atoms with Crippen LogP contribution in [-0.4, -0.2) is 25.6 Å². The lowest BCUT2D eigenvalue weighted by Gasteiger charge is -2.59. The zero-order valence-corrected chi connectivity index (χ0v) is 16.1. The molecule has 7 heteroatoms. The fourth-order valence-corrected chi connectivity index (χ4v) is 6.75. The fraction of sp³-hybridized carbons (Fsp3) is 0.684. The lowest BCUT2D eigenvalue weighted by atomic mass is 9.48. The van der Waals surface area contributed by atoms with Gasteiger partial charge in [0.2, 0.25) is 0 Å². The number of benzene rings is 1. The molecule has 0 radical (unpaired) electrons. The quantitative estimate of drug-likeness (QED) is 0.617. The first-order valence-electron chi connectivity index (χ1n) is 9.41. The van der Waals surface area contributed by atoms with Crippen molar-refractivity contribution in [1.82, 2.24) is 0 Å². The molecule has 26 heavy (non-hydrogen) atoms. The minimum atomic E-state index is -3.47. The average molecular weight is 378 g/mol. The number of hydrogen-bond donors (Lipinski definition) is 1. The highest BCUT2D eigenvalue weighted by atomic mass is 32.2. The lowest BCUT2D eigenvalue weighted by Crippen LogP contribution is -2.52. The Morgan fingerprint density at radius 3 is 2.15 bits per heavy atom. The zero-order valence-electron chi connectivity index (χ0n) is 15.3. The normalized spacial score (nSPS) is 33.8. The van der Waals surface area contributed by atoms with Crippen LogP contribution in [0.2, 0.25) is 0 Å². The van der Waals surface area contributed by atoms with Crippen molar-refractivity contribution in [1.29, 1.82) is 0 Å². The van der Waals surface area contributed by atoms with Gasteiger partial charge in [-0.05, 0) is 80.8 Å². The molecule has 0 amide bonds. The van der Waals surface area contributed by atoms with Crippen LogP contribution in [0, 0.1) is 33.3 Å². The van der Waals surface area contributed by atoms with Crippen molar-refractivity contribution in [2.75, 3.05) is 11.6 Å². The third kappa shape index (κ3) is 3.00. The Hall–Kier alpha value is -1.63. The zero-order chi connectivity index (χ0) is 18.7. The highest BCUT2D eigenvalue weighted by Crippen LogP contribution is 2.61. The Bertz CT molecular complexity index is 814. The Balaban J connectivity index is 1.62. The summed E-state index contributed by atoms with van der Waals surface area (Å²) in [5.74, 6) is 2.44. The van der Waals surface area contributed by atoms with E-state index in [1.54, 1.807) is 6.07 Å². The highest BCUT2D eigenvalue weighted by Gasteiger charge is 2.53. The van der Waals surface area contributed by atoms with Gasteiger partial charge in [-0.2, -0.15) is 0 Å². The van der Waals surface area contributed by atoms with Crippen LogP contribution in [0.1, 0.15) is 45.4 Å². The first-order valence-corrected chi connectivity index (χ1v) is 11.3. The highest BCUT2D eigenvalue weighted by molar-refractivity contribution is 7.90. The number of sulfone groups is 1. The molecule has 5 rings (SSSR count). The molecule has 1 aromatic carbocycles. The fourth-order valence-electron chi connectivity index (χ4n) is 6.11. The summed E-state index contributed by atoms with van der Waals surface area (Å²) < 4.78 is 23.5. The minimum Gasteiger partial charge on any atom is -0.376 e. The van der Waals surface area contributed by atoms with Crippen LogP contribution in [0.5, 0.6) is 0 Å². The van der Waals surface area contributed by atoms with Crippen LogP contribution in [-0.2, 0) is 9.84 Å². The van der Waals surface area contributed by atoms with Gasteiger partial charge in [-0.15, -0.1) is 0 Å². The number of rotatable bonds is 5. The molecule has 0 aliphatic heterocycles. The van der Waals surface area contributed by atoms with E-state index in [-0.39, 0.29) is 22.0 Å². The molecule has 4 saturated carbocycles. The van der Waals surface area contributed by atoms with Gasteiger partial charge in [0.05, 0.1) is 9.82 Å². The number of nitrogens with zero attached hydrogens (tertiary/aromatic N) is 1. The van der Waals surface area contributed by atoms with Crippen LogP contribution in [0.3, 0.4) is 0 Å². The molecule has 142 valence electrons. The molecule has 0 aromatic heterocycles. The summed E-state index contributed by atoms with van der Waals surface area (Å²) >= 11 is 0. The van der Waals surface area contributed by atoms with E-state index in [2.05, 4.69) is 12.2 Å². The van der Waals surface area contributed by atoms with Crippen molar-refractivity contribution in [3.63, 3.8) is 0 Å². The van der Waals surface area contributed by atoms with Gasteiger partial charge in [-0.1, -0.05) is 0 Å². The molecule has 4 aliphatic rings. The van der Waals surface area contributed by atoms with E-state index >= 15 is 0 Å². The van der Waals surface area contributed by atoms with Crippen molar-refractivity contribution in [2.24, 2.45) is 23.2 Å². The molecule has 0 unspecified atom stereocenters. The third-order valence-corrected chi connectivity index (χ3v) is 8.08. The SMILES string of the molecule is C[C@H](Nc1ccc(S(C)(=O)=O)cc1[N+](=O)[O-])C12CC3CC(CC(C3)C1)C2. The molecule has 4 aliphatic carbocycles. The second-order valence-corrected chi connectivity index (χ2v) is 10.9. The van der Waals surface area contributed by atoms with Gasteiger partial charge in [-0.25, -0.2) is 8.42 Å². The summed E-state index contributed by atoms with van der Waals surface area (Å²) in [5, 5.41) is 14.9. The van der Waals surface area contributed by atoms with Gasteiger partial charge in [0.15, 0.2) is 9.84 Å². The molecule has 4 fully saturated rings. The first kappa shape index (κ1) is 17.8. The number of nitro groups is 1. The molecule has 6 nitrogen and oxygen atoms in total. The van der Waals surface area contributed by atoms with E-state index < -0.39 is 14.8 Å². The molecule has 0 heterocycles. The monoisotopic (exact) mass is 378 g/mol. The maximum Gasteiger partial charge on any atom is 0.293 e. The molecular formula is C19H26N2O4S. The average Bonchev–Trinajstić information content (AvgIpc) is 2.52. The van der Waals surface area contributed by atoms with E-state index in [0.29, 0.717) is 5.69 Å². The summed E-state index contributed by atoms with van der Waals surface area (Å²) in [6, 6.07) is 4.31. The summed E-state index contributed by atoms with van der Waals surface area (Å²) in [6.45, 7) is 2.14. The van der Waals surface area contributed by atoms with E-state index in [0.717, 1.165) is 24.0 Å². The summed E-state index contributed by atoms with van der Waals surface area (Å²) in [4.78, 5) is 11.0. The number of hydrogen-bond acceptors (Lipinski definition) is 5.